The van der Waals surface area contributed by atoms with Crippen LogP contribution in [0, 0.1) is 6.92 Å². The zero-order valence-electron chi connectivity index (χ0n) is 12.8. The van der Waals surface area contributed by atoms with E-state index >= 15 is 0 Å². The highest BCUT2D eigenvalue weighted by molar-refractivity contribution is 5.92. The molecule has 7 heteroatoms. The first kappa shape index (κ1) is 13.9. The molecule has 23 heavy (non-hydrogen) atoms. The van der Waals surface area contributed by atoms with Crippen LogP contribution in [0.4, 0.5) is 0 Å². The van der Waals surface area contributed by atoms with Gasteiger partial charge in [-0.25, -0.2) is 14.5 Å². The summed E-state index contributed by atoms with van der Waals surface area (Å²) in [5.41, 5.74) is 2.30. The van der Waals surface area contributed by atoms with E-state index in [2.05, 4.69) is 15.1 Å². The van der Waals surface area contributed by atoms with Gasteiger partial charge in [0, 0.05) is 18.8 Å². The highest BCUT2D eigenvalue weighted by Crippen LogP contribution is 2.31. The van der Waals surface area contributed by atoms with Crippen molar-refractivity contribution in [1.29, 1.82) is 0 Å². The monoisotopic (exact) mass is 311 g/mol. The van der Waals surface area contributed by atoms with Gasteiger partial charge in [-0.2, -0.15) is 5.10 Å². The molecule has 4 heterocycles. The summed E-state index contributed by atoms with van der Waals surface area (Å²) < 4.78 is 7.01. The van der Waals surface area contributed by atoms with Gasteiger partial charge in [-0.05, 0) is 32.3 Å². The Bertz CT molecular complexity index is 853. The molecule has 0 unspecified atom stereocenters. The van der Waals surface area contributed by atoms with Crippen LogP contribution in [0.3, 0.4) is 0 Å². The molecule has 0 aliphatic carbocycles. The zero-order chi connectivity index (χ0) is 15.8. The van der Waals surface area contributed by atoms with E-state index in [1.165, 1.54) is 6.39 Å². The van der Waals surface area contributed by atoms with E-state index in [9.17, 15) is 4.79 Å². The van der Waals surface area contributed by atoms with Crippen molar-refractivity contribution in [1.82, 2.24) is 24.5 Å². The number of carbonyl (C=O) groups is 1. The molecular formula is C16H17N5O2. The fraction of sp³-hybridized carbons (Fsp3) is 0.375. The highest BCUT2D eigenvalue weighted by Gasteiger charge is 2.32. The van der Waals surface area contributed by atoms with Crippen molar-refractivity contribution in [2.24, 2.45) is 0 Å². The predicted molar refractivity (Wildman–Crippen MR) is 81.9 cm³/mol. The van der Waals surface area contributed by atoms with Gasteiger partial charge >= 0.3 is 0 Å². The summed E-state index contributed by atoms with van der Waals surface area (Å²) in [6, 6.07) is 3.75. The van der Waals surface area contributed by atoms with E-state index in [1.807, 2.05) is 23.2 Å². The first-order chi connectivity index (χ1) is 11.2. The van der Waals surface area contributed by atoms with Crippen molar-refractivity contribution in [2.75, 3.05) is 6.54 Å². The Balaban J connectivity index is 1.70. The molecule has 4 rings (SSSR count). The predicted octanol–water partition coefficient (Wildman–Crippen LogP) is 2.39. The van der Waals surface area contributed by atoms with Crippen molar-refractivity contribution in [3.63, 3.8) is 0 Å². The number of likely N-dealkylation sites (tertiary alicyclic amines) is 1. The SMILES string of the molecule is Cc1ncoc1C(=O)N1CCCC[C@@H]1c1ccn2nccc2n1. The number of nitrogens with zero attached hydrogens (tertiary/aromatic N) is 5. The Kier molecular flexibility index (Phi) is 3.33. The normalized spacial score (nSPS) is 18.5. The van der Waals surface area contributed by atoms with Gasteiger partial charge in [-0.1, -0.05) is 0 Å². The maximum Gasteiger partial charge on any atom is 0.292 e. The molecule has 118 valence electrons. The quantitative estimate of drug-likeness (QED) is 0.726. The number of piperidine rings is 1. The van der Waals surface area contributed by atoms with Gasteiger partial charge in [0.1, 0.15) is 0 Å². The van der Waals surface area contributed by atoms with Crippen LogP contribution in [0.1, 0.15) is 47.2 Å². The summed E-state index contributed by atoms with van der Waals surface area (Å²) in [5.74, 6) is 0.210. The lowest BCUT2D eigenvalue weighted by Crippen LogP contribution is -2.39. The van der Waals surface area contributed by atoms with Gasteiger partial charge in [0.2, 0.25) is 5.76 Å². The second-order valence-corrected chi connectivity index (χ2v) is 5.76. The van der Waals surface area contributed by atoms with E-state index in [0.717, 1.165) is 30.6 Å². The maximum absolute atomic E-state index is 12.8. The molecule has 3 aromatic heterocycles. The van der Waals surface area contributed by atoms with Gasteiger partial charge in [0.25, 0.3) is 5.91 Å². The van der Waals surface area contributed by atoms with Gasteiger partial charge in [0.15, 0.2) is 12.0 Å². The lowest BCUT2D eigenvalue weighted by Gasteiger charge is -2.34. The van der Waals surface area contributed by atoms with Crippen molar-refractivity contribution in [2.45, 2.75) is 32.2 Å². The summed E-state index contributed by atoms with van der Waals surface area (Å²) in [7, 11) is 0. The summed E-state index contributed by atoms with van der Waals surface area (Å²) >= 11 is 0. The van der Waals surface area contributed by atoms with Crippen molar-refractivity contribution in [3.05, 3.63) is 48.1 Å². The van der Waals surface area contributed by atoms with Crippen molar-refractivity contribution < 1.29 is 9.21 Å². The molecule has 0 N–H and O–H groups in total. The van der Waals surface area contributed by atoms with E-state index in [1.54, 1.807) is 17.6 Å². The smallest absolute Gasteiger partial charge is 0.292 e. The fourth-order valence-corrected chi connectivity index (χ4v) is 3.13. The van der Waals surface area contributed by atoms with Crippen LogP contribution in [0.2, 0.25) is 0 Å². The number of fused-ring (bicyclic) bond motifs is 1. The van der Waals surface area contributed by atoms with Crippen LogP contribution in [0.15, 0.2) is 35.3 Å². The molecule has 1 fully saturated rings. The average molecular weight is 311 g/mol. The minimum absolute atomic E-state index is 0.0411. The first-order valence-corrected chi connectivity index (χ1v) is 7.75. The maximum atomic E-state index is 12.8. The molecule has 0 spiro atoms. The van der Waals surface area contributed by atoms with Crippen LogP contribution in [0.5, 0.6) is 0 Å². The lowest BCUT2D eigenvalue weighted by molar-refractivity contribution is 0.0572. The van der Waals surface area contributed by atoms with Gasteiger partial charge < -0.3 is 9.32 Å². The van der Waals surface area contributed by atoms with Crippen LogP contribution >= 0.6 is 0 Å². The number of aryl methyl sites for hydroxylation is 1. The van der Waals surface area contributed by atoms with Crippen LogP contribution in [-0.2, 0) is 0 Å². The Morgan fingerprint density at radius 1 is 1.35 bits per heavy atom. The van der Waals surface area contributed by atoms with E-state index in [4.69, 9.17) is 4.42 Å². The minimum Gasteiger partial charge on any atom is -0.438 e. The number of amides is 1. The number of carbonyl (C=O) groups excluding carboxylic acids is 1. The third kappa shape index (κ3) is 2.38. The molecule has 1 atom stereocenters. The number of oxazole rings is 1. The Morgan fingerprint density at radius 2 is 2.26 bits per heavy atom. The topological polar surface area (TPSA) is 76.5 Å². The van der Waals surface area contributed by atoms with Crippen LogP contribution in [-0.4, -0.2) is 36.9 Å². The van der Waals surface area contributed by atoms with Gasteiger partial charge in [-0.3, -0.25) is 4.79 Å². The summed E-state index contributed by atoms with van der Waals surface area (Å²) in [6.45, 7) is 2.49. The molecule has 0 saturated carbocycles. The molecule has 1 aliphatic rings. The lowest BCUT2D eigenvalue weighted by atomic mass is 9.98. The molecule has 0 aromatic carbocycles. The van der Waals surface area contributed by atoms with Crippen LogP contribution in [0.25, 0.3) is 5.65 Å². The molecular weight excluding hydrogens is 294 g/mol. The summed E-state index contributed by atoms with van der Waals surface area (Å²) in [6.07, 6.45) is 7.89. The molecule has 1 saturated heterocycles. The standard InChI is InChI=1S/C16H17N5O2/c1-11-15(23-10-17-11)16(22)20-8-3-2-4-13(20)12-6-9-21-14(19-12)5-7-18-21/h5-7,9-10,13H,2-4,8H2,1H3/t13-/m1/s1. The van der Waals surface area contributed by atoms with Gasteiger partial charge in [0.05, 0.1) is 23.6 Å². The Morgan fingerprint density at radius 3 is 3.09 bits per heavy atom. The minimum atomic E-state index is -0.111. The molecule has 0 bridgehead atoms. The second-order valence-electron chi connectivity index (χ2n) is 5.76. The molecule has 0 radical (unpaired) electrons. The van der Waals surface area contributed by atoms with E-state index < -0.39 is 0 Å². The zero-order valence-corrected chi connectivity index (χ0v) is 12.8. The summed E-state index contributed by atoms with van der Waals surface area (Å²) in [5, 5.41) is 4.16. The summed E-state index contributed by atoms with van der Waals surface area (Å²) in [4.78, 5) is 23.4. The van der Waals surface area contributed by atoms with E-state index in [-0.39, 0.29) is 11.9 Å². The number of hydrogen-bond acceptors (Lipinski definition) is 5. The number of aromatic nitrogens is 4. The first-order valence-electron chi connectivity index (χ1n) is 7.75. The van der Waals surface area contributed by atoms with Crippen LogP contribution < -0.4 is 0 Å². The number of hydrogen-bond donors (Lipinski definition) is 0. The second kappa shape index (κ2) is 5.49. The van der Waals surface area contributed by atoms with Crippen molar-refractivity contribution in [3.8, 4) is 0 Å². The third-order valence-electron chi connectivity index (χ3n) is 4.32. The van der Waals surface area contributed by atoms with Crippen molar-refractivity contribution >= 4 is 11.6 Å². The van der Waals surface area contributed by atoms with Gasteiger partial charge in [-0.15, -0.1) is 0 Å². The molecule has 1 aliphatic heterocycles. The third-order valence-corrected chi connectivity index (χ3v) is 4.32. The molecule has 1 amide bonds. The van der Waals surface area contributed by atoms with E-state index in [0.29, 0.717) is 18.0 Å². The average Bonchev–Trinajstić information content (AvgIpc) is 3.22. The number of rotatable bonds is 2. The Hall–Kier alpha value is -2.70. The fourth-order valence-electron chi connectivity index (χ4n) is 3.13. The molecule has 3 aromatic rings. The molecule has 7 nitrogen and oxygen atoms in total. The Labute approximate surface area is 132 Å². The highest BCUT2D eigenvalue weighted by atomic mass is 16.3. The largest absolute Gasteiger partial charge is 0.438 e.